The molecule has 1 aliphatic heterocycles. The van der Waals surface area contributed by atoms with Gasteiger partial charge in [-0.15, -0.1) is 0 Å². The third-order valence-corrected chi connectivity index (χ3v) is 7.50. The summed E-state index contributed by atoms with van der Waals surface area (Å²) in [5.41, 5.74) is 3.77. The number of carbonyl (C=O) groups is 1. The third kappa shape index (κ3) is 5.21. The van der Waals surface area contributed by atoms with Crippen molar-refractivity contribution in [1.82, 2.24) is 4.31 Å². The molecule has 0 bridgehead atoms. The molecule has 2 aromatic rings. The number of carbonyl (C=O) groups excluding carboxylic acids is 1. The van der Waals surface area contributed by atoms with Crippen LogP contribution >= 0.6 is 15.9 Å². The molecule has 0 unspecified atom stereocenters. The Hall–Kier alpha value is -1.70. The van der Waals surface area contributed by atoms with E-state index in [4.69, 9.17) is 0 Å². The zero-order valence-corrected chi connectivity index (χ0v) is 18.5. The number of nitrogens with one attached hydrogen (secondary N) is 1. The Morgan fingerprint density at radius 1 is 1.11 bits per heavy atom. The summed E-state index contributed by atoms with van der Waals surface area (Å²) in [6.07, 6.45) is 1.08. The third-order valence-electron chi connectivity index (χ3n) is 5.12. The maximum absolute atomic E-state index is 12.7. The van der Waals surface area contributed by atoms with Crippen LogP contribution < -0.4 is 5.32 Å². The van der Waals surface area contributed by atoms with E-state index in [9.17, 15) is 13.2 Å². The fraction of sp³-hybridized carbons (Fsp3) is 0.381. The molecule has 0 aliphatic carbocycles. The lowest BCUT2D eigenvalue weighted by Crippen LogP contribution is -2.41. The molecule has 0 aromatic heterocycles. The van der Waals surface area contributed by atoms with Gasteiger partial charge >= 0.3 is 0 Å². The minimum absolute atomic E-state index is 0.0142. The molecule has 28 heavy (non-hydrogen) atoms. The van der Waals surface area contributed by atoms with E-state index in [0.717, 1.165) is 26.9 Å². The summed E-state index contributed by atoms with van der Waals surface area (Å²) in [6, 6.07) is 13.2. The number of sulfonamides is 1. The van der Waals surface area contributed by atoms with Gasteiger partial charge in [0.2, 0.25) is 15.9 Å². The number of hydrogen-bond donors (Lipinski definition) is 1. The standard InChI is InChI=1S/C21H25BrN2O3S/c1-15-3-8-20(16(2)13-15)23-21(25)18-9-11-24(12-10-18)28(26,27)14-17-4-6-19(22)7-5-17/h3-8,13,18H,9-12,14H2,1-2H3,(H,23,25). The highest BCUT2D eigenvalue weighted by Crippen LogP contribution is 2.24. The Morgan fingerprint density at radius 3 is 2.36 bits per heavy atom. The van der Waals surface area contributed by atoms with Crippen LogP contribution in [-0.2, 0) is 20.6 Å². The van der Waals surface area contributed by atoms with Crippen molar-refractivity contribution in [1.29, 1.82) is 0 Å². The van der Waals surface area contributed by atoms with Crippen LogP contribution in [0, 0.1) is 19.8 Å². The summed E-state index contributed by atoms with van der Waals surface area (Å²) in [7, 11) is -3.38. The van der Waals surface area contributed by atoms with Crippen molar-refractivity contribution >= 4 is 37.5 Å². The molecule has 1 aliphatic rings. The summed E-state index contributed by atoms with van der Waals surface area (Å²) in [4.78, 5) is 12.6. The van der Waals surface area contributed by atoms with Crippen LogP contribution in [0.1, 0.15) is 29.5 Å². The number of piperidine rings is 1. The highest BCUT2D eigenvalue weighted by molar-refractivity contribution is 9.10. The van der Waals surface area contributed by atoms with Crippen molar-refractivity contribution in [3.8, 4) is 0 Å². The van der Waals surface area contributed by atoms with Gasteiger partial charge in [-0.2, -0.15) is 0 Å². The molecule has 0 atom stereocenters. The normalized spacial score (nSPS) is 16.1. The molecule has 1 fully saturated rings. The van der Waals surface area contributed by atoms with Crippen LogP contribution in [-0.4, -0.2) is 31.7 Å². The Bertz CT molecular complexity index is 950. The van der Waals surface area contributed by atoms with Crippen LogP contribution in [0.25, 0.3) is 0 Å². The van der Waals surface area contributed by atoms with E-state index >= 15 is 0 Å². The maximum Gasteiger partial charge on any atom is 0.227 e. The lowest BCUT2D eigenvalue weighted by Gasteiger charge is -2.30. The first-order chi connectivity index (χ1) is 13.2. The number of rotatable bonds is 5. The zero-order chi connectivity index (χ0) is 20.3. The predicted octanol–water partition coefficient (Wildman–Crippen LogP) is 4.25. The summed E-state index contributed by atoms with van der Waals surface area (Å²) in [6.45, 7) is 4.75. The zero-order valence-electron chi connectivity index (χ0n) is 16.1. The van der Waals surface area contributed by atoms with Gasteiger partial charge in [-0.1, -0.05) is 45.8 Å². The van der Waals surface area contributed by atoms with E-state index in [-0.39, 0.29) is 17.6 Å². The van der Waals surface area contributed by atoms with Gasteiger partial charge in [-0.25, -0.2) is 12.7 Å². The quantitative estimate of drug-likeness (QED) is 0.718. The average molecular weight is 465 g/mol. The molecule has 0 radical (unpaired) electrons. The van der Waals surface area contributed by atoms with Crippen molar-refractivity contribution < 1.29 is 13.2 Å². The van der Waals surface area contributed by atoms with Gasteiger partial charge in [0.1, 0.15) is 0 Å². The van der Waals surface area contributed by atoms with E-state index in [1.807, 2.05) is 56.3 Å². The number of anilines is 1. The number of halogens is 1. The first-order valence-electron chi connectivity index (χ1n) is 9.35. The predicted molar refractivity (Wildman–Crippen MR) is 116 cm³/mol. The van der Waals surface area contributed by atoms with E-state index in [1.54, 1.807) is 0 Å². The lowest BCUT2D eigenvalue weighted by atomic mass is 9.97. The number of benzene rings is 2. The monoisotopic (exact) mass is 464 g/mol. The summed E-state index contributed by atoms with van der Waals surface area (Å²) >= 11 is 3.36. The molecular formula is C21H25BrN2O3S. The van der Waals surface area contributed by atoms with Crippen molar-refractivity contribution in [2.75, 3.05) is 18.4 Å². The van der Waals surface area contributed by atoms with Gasteiger partial charge in [0.25, 0.3) is 0 Å². The minimum Gasteiger partial charge on any atom is -0.326 e. The lowest BCUT2D eigenvalue weighted by molar-refractivity contribution is -0.120. The molecular weight excluding hydrogens is 440 g/mol. The molecule has 7 heteroatoms. The van der Waals surface area contributed by atoms with E-state index in [0.29, 0.717) is 25.9 Å². The van der Waals surface area contributed by atoms with Crippen molar-refractivity contribution in [2.45, 2.75) is 32.4 Å². The van der Waals surface area contributed by atoms with Crippen LogP contribution in [0.2, 0.25) is 0 Å². The number of amides is 1. The van der Waals surface area contributed by atoms with Crippen LogP contribution in [0.5, 0.6) is 0 Å². The minimum atomic E-state index is -3.38. The van der Waals surface area contributed by atoms with Gasteiger partial charge < -0.3 is 5.32 Å². The first kappa shape index (κ1) is 21.0. The number of aryl methyl sites for hydroxylation is 2. The molecule has 2 aromatic carbocycles. The number of nitrogens with zero attached hydrogens (tertiary/aromatic N) is 1. The fourth-order valence-electron chi connectivity index (χ4n) is 3.47. The Kier molecular flexibility index (Phi) is 6.58. The second kappa shape index (κ2) is 8.76. The molecule has 0 spiro atoms. The second-order valence-corrected chi connectivity index (χ2v) is 10.2. The SMILES string of the molecule is Cc1ccc(NC(=O)C2CCN(S(=O)(=O)Cc3ccc(Br)cc3)CC2)c(C)c1. The summed E-state index contributed by atoms with van der Waals surface area (Å²) in [5.74, 6) is -0.212. The van der Waals surface area contributed by atoms with Crippen molar-refractivity contribution in [3.05, 3.63) is 63.6 Å². The van der Waals surface area contributed by atoms with Gasteiger partial charge in [0.15, 0.2) is 0 Å². The molecule has 1 N–H and O–H groups in total. The highest BCUT2D eigenvalue weighted by atomic mass is 79.9. The van der Waals surface area contributed by atoms with Crippen LogP contribution in [0.4, 0.5) is 5.69 Å². The second-order valence-electron chi connectivity index (χ2n) is 7.36. The molecule has 0 saturated carbocycles. The molecule has 1 saturated heterocycles. The maximum atomic E-state index is 12.7. The first-order valence-corrected chi connectivity index (χ1v) is 11.8. The summed E-state index contributed by atoms with van der Waals surface area (Å²) < 4.78 is 27.8. The molecule has 5 nitrogen and oxygen atoms in total. The molecule has 3 rings (SSSR count). The molecule has 1 amide bonds. The fourth-order valence-corrected chi connectivity index (χ4v) is 5.30. The molecule has 150 valence electrons. The highest BCUT2D eigenvalue weighted by Gasteiger charge is 2.31. The van der Waals surface area contributed by atoms with E-state index in [1.165, 1.54) is 4.31 Å². The van der Waals surface area contributed by atoms with Gasteiger partial charge in [-0.05, 0) is 56.0 Å². The van der Waals surface area contributed by atoms with E-state index < -0.39 is 10.0 Å². The van der Waals surface area contributed by atoms with Crippen molar-refractivity contribution in [3.63, 3.8) is 0 Å². The van der Waals surface area contributed by atoms with Crippen molar-refractivity contribution in [2.24, 2.45) is 5.92 Å². The van der Waals surface area contributed by atoms with Gasteiger partial charge in [-0.3, -0.25) is 4.79 Å². The van der Waals surface area contributed by atoms with E-state index in [2.05, 4.69) is 21.2 Å². The number of hydrogen-bond acceptors (Lipinski definition) is 3. The topological polar surface area (TPSA) is 66.5 Å². The van der Waals surface area contributed by atoms with Gasteiger partial charge in [0.05, 0.1) is 5.75 Å². The smallest absolute Gasteiger partial charge is 0.227 e. The Labute approximate surface area is 175 Å². The Morgan fingerprint density at radius 2 is 1.75 bits per heavy atom. The van der Waals surface area contributed by atoms with Crippen LogP contribution in [0.3, 0.4) is 0 Å². The van der Waals surface area contributed by atoms with Crippen LogP contribution in [0.15, 0.2) is 46.9 Å². The largest absolute Gasteiger partial charge is 0.326 e. The summed E-state index contributed by atoms with van der Waals surface area (Å²) in [5, 5.41) is 2.99. The van der Waals surface area contributed by atoms with Gasteiger partial charge in [0, 0.05) is 29.2 Å². The average Bonchev–Trinajstić information content (AvgIpc) is 2.66. The molecule has 1 heterocycles. The Balaban J connectivity index is 1.57.